The number of amides is 1. The van der Waals surface area contributed by atoms with Crippen LogP contribution in [0.2, 0.25) is 0 Å². The minimum Gasteiger partial charge on any atom is -0.503 e. The van der Waals surface area contributed by atoms with Crippen LogP contribution in [0.15, 0.2) is 94.9 Å². The fourth-order valence-electron chi connectivity index (χ4n) is 4.01. The number of ketones is 1. The number of para-hydroxylation sites is 2. The second-order valence-corrected chi connectivity index (χ2v) is 7.38. The number of hydrogen-bond donors (Lipinski definition) is 1. The summed E-state index contributed by atoms with van der Waals surface area (Å²) in [4.78, 5) is 32.2. The van der Waals surface area contributed by atoms with E-state index >= 15 is 0 Å². The Hall–Kier alpha value is -4.19. The molecule has 6 nitrogen and oxygen atoms in total. The van der Waals surface area contributed by atoms with Crippen LogP contribution in [0.3, 0.4) is 0 Å². The summed E-state index contributed by atoms with van der Waals surface area (Å²) in [5.41, 5.74) is 2.67. The normalized spacial score (nSPS) is 16.4. The van der Waals surface area contributed by atoms with E-state index in [1.165, 1.54) is 4.90 Å². The Kier molecular flexibility index (Phi) is 4.40. The average Bonchev–Trinajstić information content (AvgIpc) is 3.34. The molecule has 1 aliphatic heterocycles. The van der Waals surface area contributed by atoms with E-state index in [1.54, 1.807) is 42.7 Å². The van der Waals surface area contributed by atoms with Crippen LogP contribution in [0, 0.1) is 6.92 Å². The molecule has 4 aromatic rings. The van der Waals surface area contributed by atoms with Crippen molar-refractivity contribution >= 4 is 28.3 Å². The zero-order chi connectivity index (χ0) is 21.5. The monoisotopic (exact) mass is 410 g/mol. The summed E-state index contributed by atoms with van der Waals surface area (Å²) in [6, 6.07) is 18.9. The van der Waals surface area contributed by atoms with Crippen molar-refractivity contribution in [2.45, 2.75) is 13.0 Å². The van der Waals surface area contributed by atoms with Gasteiger partial charge in [0.15, 0.2) is 11.5 Å². The first-order valence-corrected chi connectivity index (χ1v) is 9.82. The van der Waals surface area contributed by atoms with Gasteiger partial charge >= 0.3 is 0 Å². The third-order valence-electron chi connectivity index (χ3n) is 5.50. The van der Waals surface area contributed by atoms with Gasteiger partial charge in [-0.3, -0.25) is 19.5 Å². The topological polar surface area (TPSA) is 83.6 Å². The highest BCUT2D eigenvalue weighted by Gasteiger charge is 2.45. The van der Waals surface area contributed by atoms with Gasteiger partial charge in [0.1, 0.15) is 5.58 Å². The van der Waals surface area contributed by atoms with E-state index in [0.717, 1.165) is 10.9 Å². The molecule has 0 saturated carbocycles. The lowest BCUT2D eigenvalue weighted by molar-refractivity contribution is -0.117. The number of carbonyl (C=O) groups is 2. The molecule has 0 saturated heterocycles. The number of nitrogens with zero attached hydrogens (tertiary/aromatic N) is 2. The Morgan fingerprint density at radius 2 is 1.74 bits per heavy atom. The quantitative estimate of drug-likeness (QED) is 0.483. The van der Waals surface area contributed by atoms with Crippen molar-refractivity contribution in [1.29, 1.82) is 0 Å². The highest BCUT2D eigenvalue weighted by atomic mass is 16.3. The lowest BCUT2D eigenvalue weighted by Crippen LogP contribution is -2.31. The lowest BCUT2D eigenvalue weighted by atomic mass is 9.95. The molecule has 2 aromatic heterocycles. The Morgan fingerprint density at radius 1 is 1.03 bits per heavy atom. The van der Waals surface area contributed by atoms with Crippen LogP contribution in [-0.4, -0.2) is 21.8 Å². The number of pyridine rings is 1. The molecule has 0 fully saturated rings. The first-order chi connectivity index (χ1) is 15.1. The predicted octanol–water partition coefficient (Wildman–Crippen LogP) is 4.92. The van der Waals surface area contributed by atoms with E-state index in [9.17, 15) is 14.7 Å². The summed E-state index contributed by atoms with van der Waals surface area (Å²) in [5.74, 6) is -1.66. The zero-order valence-corrected chi connectivity index (χ0v) is 16.6. The SMILES string of the molecule is Cc1ccccc1N1C(=O)C(O)=C(C(=O)c2cc3ccccc3o2)C1c1ccncc1. The number of aromatic nitrogens is 1. The van der Waals surface area contributed by atoms with Gasteiger partial charge in [-0.15, -0.1) is 0 Å². The maximum Gasteiger partial charge on any atom is 0.294 e. The number of benzene rings is 2. The van der Waals surface area contributed by atoms with Crippen molar-refractivity contribution in [2.24, 2.45) is 0 Å². The first-order valence-electron chi connectivity index (χ1n) is 9.82. The Balaban J connectivity index is 1.68. The molecule has 0 bridgehead atoms. The number of anilines is 1. The molecule has 6 heteroatoms. The Bertz CT molecular complexity index is 1320. The largest absolute Gasteiger partial charge is 0.503 e. The van der Waals surface area contributed by atoms with Crippen LogP contribution in [0.4, 0.5) is 5.69 Å². The number of aliphatic hydroxyl groups is 1. The van der Waals surface area contributed by atoms with E-state index < -0.39 is 23.5 Å². The van der Waals surface area contributed by atoms with Crippen molar-refractivity contribution < 1.29 is 19.1 Å². The van der Waals surface area contributed by atoms with Crippen LogP contribution in [0.1, 0.15) is 27.7 Å². The van der Waals surface area contributed by atoms with Crippen LogP contribution in [0.5, 0.6) is 0 Å². The van der Waals surface area contributed by atoms with Crippen molar-refractivity contribution in [3.05, 3.63) is 107 Å². The number of rotatable bonds is 4. The van der Waals surface area contributed by atoms with Crippen molar-refractivity contribution in [3.8, 4) is 0 Å². The molecule has 0 spiro atoms. The molecule has 31 heavy (non-hydrogen) atoms. The second-order valence-electron chi connectivity index (χ2n) is 7.38. The molecule has 1 N–H and O–H groups in total. The molecule has 2 aromatic carbocycles. The standard InChI is InChI=1S/C25H18N2O4/c1-15-6-2-4-8-18(15)27-22(16-10-12-26-13-11-16)21(24(29)25(27)30)23(28)20-14-17-7-3-5-9-19(17)31-20/h2-14,22,29H,1H3. The molecule has 5 rings (SSSR count). The van der Waals surface area contributed by atoms with Gasteiger partial charge in [0.2, 0.25) is 5.78 Å². The van der Waals surface area contributed by atoms with Gasteiger partial charge < -0.3 is 9.52 Å². The third-order valence-corrected chi connectivity index (χ3v) is 5.50. The smallest absolute Gasteiger partial charge is 0.294 e. The second kappa shape index (κ2) is 7.25. The van der Waals surface area contributed by atoms with Gasteiger partial charge in [-0.25, -0.2) is 0 Å². The van der Waals surface area contributed by atoms with Gasteiger partial charge in [0, 0.05) is 23.5 Å². The van der Waals surface area contributed by atoms with Crippen LogP contribution in [-0.2, 0) is 4.79 Å². The Labute approximate surface area is 178 Å². The molecule has 1 amide bonds. The van der Waals surface area contributed by atoms with E-state index in [2.05, 4.69) is 4.98 Å². The highest BCUT2D eigenvalue weighted by molar-refractivity contribution is 6.20. The minimum atomic E-state index is -0.808. The highest BCUT2D eigenvalue weighted by Crippen LogP contribution is 2.43. The molecule has 0 aliphatic carbocycles. The molecule has 3 heterocycles. The van der Waals surface area contributed by atoms with E-state index in [4.69, 9.17) is 4.42 Å². The summed E-state index contributed by atoms with van der Waals surface area (Å²) in [5, 5.41) is 11.6. The van der Waals surface area contributed by atoms with Gasteiger partial charge in [-0.05, 0) is 48.4 Å². The lowest BCUT2D eigenvalue weighted by Gasteiger charge is -2.27. The first kappa shape index (κ1) is 18.8. The van der Waals surface area contributed by atoms with Crippen molar-refractivity contribution in [1.82, 2.24) is 4.98 Å². The molecule has 1 aliphatic rings. The number of aryl methyl sites for hydroxylation is 1. The average molecular weight is 410 g/mol. The third kappa shape index (κ3) is 3.00. The van der Waals surface area contributed by atoms with Crippen molar-refractivity contribution in [2.75, 3.05) is 4.90 Å². The van der Waals surface area contributed by atoms with Gasteiger partial charge in [-0.2, -0.15) is 0 Å². The number of aliphatic hydroxyl groups excluding tert-OH is 1. The van der Waals surface area contributed by atoms with Gasteiger partial charge in [-0.1, -0.05) is 36.4 Å². The van der Waals surface area contributed by atoms with Gasteiger partial charge in [0.25, 0.3) is 5.91 Å². The number of hydrogen-bond acceptors (Lipinski definition) is 5. The molecular formula is C25H18N2O4. The molecule has 152 valence electrons. The molecular weight excluding hydrogens is 392 g/mol. The zero-order valence-electron chi connectivity index (χ0n) is 16.6. The summed E-state index contributed by atoms with van der Waals surface area (Å²) in [7, 11) is 0. The summed E-state index contributed by atoms with van der Waals surface area (Å²) >= 11 is 0. The molecule has 0 radical (unpaired) electrons. The predicted molar refractivity (Wildman–Crippen MR) is 116 cm³/mol. The van der Waals surface area contributed by atoms with E-state index in [1.807, 2.05) is 43.3 Å². The Morgan fingerprint density at radius 3 is 2.48 bits per heavy atom. The maximum atomic E-state index is 13.5. The number of fused-ring (bicyclic) bond motifs is 1. The van der Waals surface area contributed by atoms with E-state index in [0.29, 0.717) is 16.8 Å². The molecule has 1 unspecified atom stereocenters. The number of furan rings is 1. The summed E-state index contributed by atoms with van der Waals surface area (Å²) in [6.45, 7) is 1.88. The maximum absolute atomic E-state index is 13.5. The van der Waals surface area contributed by atoms with Crippen LogP contribution in [0.25, 0.3) is 11.0 Å². The van der Waals surface area contributed by atoms with E-state index in [-0.39, 0.29) is 11.3 Å². The summed E-state index contributed by atoms with van der Waals surface area (Å²) < 4.78 is 5.74. The van der Waals surface area contributed by atoms with Crippen molar-refractivity contribution in [3.63, 3.8) is 0 Å². The van der Waals surface area contributed by atoms with Crippen LogP contribution >= 0.6 is 0 Å². The minimum absolute atomic E-state index is 0.0153. The number of carbonyl (C=O) groups excluding carboxylic acids is 2. The fraction of sp³-hybridized carbons (Fsp3) is 0.0800. The summed E-state index contributed by atoms with van der Waals surface area (Å²) in [6.07, 6.45) is 3.18. The number of Topliss-reactive ketones (excluding diaryl/α,β-unsaturated/α-hetero) is 1. The fourth-order valence-corrected chi connectivity index (χ4v) is 4.01. The van der Waals surface area contributed by atoms with Crippen LogP contribution < -0.4 is 4.90 Å². The molecule has 1 atom stereocenters. The van der Waals surface area contributed by atoms with Gasteiger partial charge in [0.05, 0.1) is 11.6 Å².